The molecule has 2 rings (SSSR count). The zero-order chi connectivity index (χ0) is 11.5. The van der Waals surface area contributed by atoms with Crippen molar-refractivity contribution in [2.45, 2.75) is 25.3 Å². The quantitative estimate of drug-likeness (QED) is 0.797. The predicted octanol–water partition coefficient (Wildman–Crippen LogP) is 0.966. The molecule has 1 aliphatic carbocycles. The molecule has 1 atom stereocenters. The van der Waals surface area contributed by atoms with Gasteiger partial charge in [-0.25, -0.2) is 4.79 Å². The first-order valence-electron chi connectivity index (χ1n) is 5.38. The fourth-order valence-corrected chi connectivity index (χ4v) is 2.08. The number of carboxylic acid groups (broad SMARTS) is 1. The maximum absolute atomic E-state index is 10.4. The van der Waals surface area contributed by atoms with Crippen LogP contribution in [0.3, 0.4) is 0 Å². The third-order valence-corrected chi connectivity index (χ3v) is 2.83. The summed E-state index contributed by atoms with van der Waals surface area (Å²) in [6, 6.07) is 5.94. The van der Waals surface area contributed by atoms with Gasteiger partial charge in [0.2, 0.25) is 0 Å². The molecule has 3 N–H and O–H groups in total. The van der Waals surface area contributed by atoms with E-state index >= 15 is 0 Å². The topological polar surface area (TPSA) is 72.5 Å². The Morgan fingerprint density at radius 2 is 2.38 bits per heavy atom. The third kappa shape index (κ3) is 2.33. The van der Waals surface area contributed by atoms with Gasteiger partial charge in [0, 0.05) is 6.04 Å². The standard InChI is InChI=1S/C12H15NO3/c13-9-4-5-10-8(6-9)2-1-3-11(10)16-7-12(14)15/h1-3,9H,4-7,13H2,(H,14,15). The number of carboxylic acids is 1. The molecule has 1 aliphatic rings. The lowest BCUT2D eigenvalue weighted by Crippen LogP contribution is -2.28. The second-order valence-electron chi connectivity index (χ2n) is 4.08. The van der Waals surface area contributed by atoms with E-state index in [1.165, 1.54) is 5.56 Å². The Morgan fingerprint density at radius 1 is 1.56 bits per heavy atom. The average Bonchev–Trinajstić information content (AvgIpc) is 2.25. The minimum Gasteiger partial charge on any atom is -0.482 e. The summed E-state index contributed by atoms with van der Waals surface area (Å²) in [5.41, 5.74) is 8.19. The summed E-state index contributed by atoms with van der Waals surface area (Å²) in [6.07, 6.45) is 2.65. The largest absolute Gasteiger partial charge is 0.482 e. The van der Waals surface area contributed by atoms with E-state index < -0.39 is 5.97 Å². The number of carbonyl (C=O) groups is 1. The summed E-state index contributed by atoms with van der Waals surface area (Å²) in [5.74, 6) is -0.267. The van der Waals surface area contributed by atoms with Gasteiger partial charge in [-0.05, 0) is 36.5 Å². The smallest absolute Gasteiger partial charge is 0.341 e. The summed E-state index contributed by atoms with van der Waals surface area (Å²) in [5, 5.41) is 8.58. The number of aliphatic carboxylic acids is 1. The molecule has 0 spiro atoms. The summed E-state index contributed by atoms with van der Waals surface area (Å²) < 4.78 is 5.26. The highest BCUT2D eigenvalue weighted by Crippen LogP contribution is 2.29. The Balaban J connectivity index is 2.20. The average molecular weight is 221 g/mol. The van der Waals surface area contributed by atoms with Gasteiger partial charge in [0.25, 0.3) is 0 Å². The van der Waals surface area contributed by atoms with E-state index in [1.807, 2.05) is 18.2 Å². The van der Waals surface area contributed by atoms with Gasteiger partial charge in [-0.2, -0.15) is 0 Å². The van der Waals surface area contributed by atoms with Gasteiger partial charge in [0.15, 0.2) is 6.61 Å². The zero-order valence-electron chi connectivity index (χ0n) is 8.98. The summed E-state index contributed by atoms with van der Waals surface area (Å²) >= 11 is 0. The van der Waals surface area contributed by atoms with Gasteiger partial charge >= 0.3 is 5.97 Å². The molecule has 0 bridgehead atoms. The highest BCUT2D eigenvalue weighted by Gasteiger charge is 2.18. The Bertz CT molecular complexity index is 403. The molecule has 1 aromatic carbocycles. The van der Waals surface area contributed by atoms with Crippen LogP contribution in [0.1, 0.15) is 17.5 Å². The SMILES string of the molecule is NC1CCc2c(cccc2OCC(=O)O)C1. The van der Waals surface area contributed by atoms with Crippen LogP contribution in [-0.2, 0) is 17.6 Å². The van der Waals surface area contributed by atoms with Crippen LogP contribution in [0, 0.1) is 0 Å². The third-order valence-electron chi connectivity index (χ3n) is 2.83. The number of rotatable bonds is 3. The molecule has 0 saturated carbocycles. The van der Waals surface area contributed by atoms with Gasteiger partial charge in [0.1, 0.15) is 5.75 Å². The lowest BCUT2D eigenvalue weighted by molar-refractivity contribution is -0.139. The van der Waals surface area contributed by atoms with E-state index in [0.717, 1.165) is 24.8 Å². The number of hydrogen-bond acceptors (Lipinski definition) is 3. The number of hydrogen-bond donors (Lipinski definition) is 2. The first-order chi connectivity index (χ1) is 7.66. The van der Waals surface area contributed by atoms with Crippen LogP contribution in [0.25, 0.3) is 0 Å². The minimum absolute atomic E-state index is 0.210. The van der Waals surface area contributed by atoms with Crippen LogP contribution >= 0.6 is 0 Å². The van der Waals surface area contributed by atoms with Crippen molar-refractivity contribution in [1.82, 2.24) is 0 Å². The Labute approximate surface area is 94.0 Å². The Morgan fingerprint density at radius 3 is 3.12 bits per heavy atom. The highest BCUT2D eigenvalue weighted by atomic mass is 16.5. The second kappa shape index (κ2) is 4.53. The Hall–Kier alpha value is -1.55. The minimum atomic E-state index is -0.954. The summed E-state index contributed by atoms with van der Waals surface area (Å²) in [7, 11) is 0. The van der Waals surface area contributed by atoms with Crippen molar-refractivity contribution in [2.75, 3.05) is 6.61 Å². The van der Waals surface area contributed by atoms with Gasteiger partial charge in [-0.1, -0.05) is 12.1 Å². The molecule has 1 aromatic rings. The number of fused-ring (bicyclic) bond motifs is 1. The zero-order valence-corrected chi connectivity index (χ0v) is 8.98. The molecule has 0 heterocycles. The first-order valence-corrected chi connectivity index (χ1v) is 5.38. The number of nitrogens with two attached hydrogens (primary N) is 1. The number of benzene rings is 1. The van der Waals surface area contributed by atoms with Crippen molar-refractivity contribution in [3.8, 4) is 5.75 Å². The lowest BCUT2D eigenvalue weighted by Gasteiger charge is -2.23. The molecule has 4 heteroatoms. The monoisotopic (exact) mass is 221 g/mol. The highest BCUT2D eigenvalue weighted by molar-refractivity contribution is 5.68. The molecular formula is C12H15NO3. The van der Waals surface area contributed by atoms with Crippen LogP contribution in [-0.4, -0.2) is 23.7 Å². The van der Waals surface area contributed by atoms with Crippen LogP contribution in [0.2, 0.25) is 0 Å². The fourth-order valence-electron chi connectivity index (χ4n) is 2.08. The molecule has 0 aromatic heterocycles. The molecule has 16 heavy (non-hydrogen) atoms. The normalized spacial score (nSPS) is 18.9. The molecule has 0 fully saturated rings. The van der Waals surface area contributed by atoms with Gasteiger partial charge in [-0.3, -0.25) is 0 Å². The Kier molecular flexibility index (Phi) is 3.10. The summed E-state index contributed by atoms with van der Waals surface area (Å²) in [6.45, 7) is -0.289. The molecular weight excluding hydrogens is 206 g/mol. The van der Waals surface area contributed by atoms with Crippen molar-refractivity contribution >= 4 is 5.97 Å². The van der Waals surface area contributed by atoms with E-state index in [-0.39, 0.29) is 12.6 Å². The molecule has 0 radical (unpaired) electrons. The van der Waals surface area contributed by atoms with E-state index in [4.69, 9.17) is 15.6 Å². The van der Waals surface area contributed by atoms with E-state index in [9.17, 15) is 4.79 Å². The molecule has 1 unspecified atom stereocenters. The lowest BCUT2D eigenvalue weighted by atomic mass is 9.88. The van der Waals surface area contributed by atoms with Crippen LogP contribution < -0.4 is 10.5 Å². The van der Waals surface area contributed by atoms with Gasteiger partial charge < -0.3 is 15.6 Å². The molecule has 86 valence electrons. The van der Waals surface area contributed by atoms with E-state index in [0.29, 0.717) is 5.75 Å². The molecule has 4 nitrogen and oxygen atoms in total. The van der Waals surface area contributed by atoms with Crippen LogP contribution in [0.15, 0.2) is 18.2 Å². The fraction of sp³-hybridized carbons (Fsp3) is 0.417. The summed E-state index contributed by atoms with van der Waals surface area (Å²) in [4.78, 5) is 10.4. The first kappa shape index (κ1) is 11.0. The van der Waals surface area contributed by atoms with Crippen molar-refractivity contribution < 1.29 is 14.6 Å². The molecule has 0 saturated heterocycles. The number of ether oxygens (including phenoxy) is 1. The van der Waals surface area contributed by atoms with Crippen LogP contribution in [0.5, 0.6) is 5.75 Å². The second-order valence-corrected chi connectivity index (χ2v) is 4.08. The van der Waals surface area contributed by atoms with Crippen molar-refractivity contribution in [3.63, 3.8) is 0 Å². The van der Waals surface area contributed by atoms with E-state index in [2.05, 4.69) is 0 Å². The van der Waals surface area contributed by atoms with Gasteiger partial charge in [-0.15, -0.1) is 0 Å². The van der Waals surface area contributed by atoms with Crippen molar-refractivity contribution in [1.29, 1.82) is 0 Å². The molecule has 0 aliphatic heterocycles. The van der Waals surface area contributed by atoms with Crippen LogP contribution in [0.4, 0.5) is 0 Å². The van der Waals surface area contributed by atoms with E-state index in [1.54, 1.807) is 0 Å². The van der Waals surface area contributed by atoms with Crippen molar-refractivity contribution in [3.05, 3.63) is 29.3 Å². The van der Waals surface area contributed by atoms with Crippen molar-refractivity contribution in [2.24, 2.45) is 5.73 Å². The maximum atomic E-state index is 10.4. The maximum Gasteiger partial charge on any atom is 0.341 e. The molecule has 0 amide bonds. The predicted molar refractivity (Wildman–Crippen MR) is 59.6 cm³/mol. The van der Waals surface area contributed by atoms with Gasteiger partial charge in [0.05, 0.1) is 0 Å².